The number of carbonyl (C=O) groups is 1. The molecule has 2 fully saturated rings. The highest BCUT2D eigenvalue weighted by Crippen LogP contribution is 2.29. The van der Waals surface area contributed by atoms with E-state index in [1.165, 1.54) is 18.7 Å². The van der Waals surface area contributed by atoms with Crippen LogP contribution in [0.1, 0.15) is 36.0 Å². The number of hydrogen-bond donors (Lipinski definition) is 2. The van der Waals surface area contributed by atoms with Crippen molar-refractivity contribution in [3.8, 4) is 0 Å². The van der Waals surface area contributed by atoms with Crippen molar-refractivity contribution in [2.75, 3.05) is 19.6 Å². The molecule has 108 valence electrons. The van der Waals surface area contributed by atoms with Crippen molar-refractivity contribution in [2.45, 2.75) is 31.7 Å². The Kier molecular flexibility index (Phi) is 3.87. The molecule has 2 aliphatic heterocycles. The number of rotatable bonds is 1. The minimum absolute atomic E-state index is 0.0536. The molecule has 0 saturated carbocycles. The number of piperidine rings is 1. The molecule has 2 atom stereocenters. The van der Waals surface area contributed by atoms with Gasteiger partial charge in [-0.3, -0.25) is 9.59 Å². The van der Waals surface area contributed by atoms with Gasteiger partial charge >= 0.3 is 0 Å². The van der Waals surface area contributed by atoms with Crippen LogP contribution >= 0.6 is 0 Å². The van der Waals surface area contributed by atoms with Gasteiger partial charge in [-0.25, -0.2) is 0 Å². The van der Waals surface area contributed by atoms with E-state index < -0.39 is 0 Å². The Labute approximate surface area is 118 Å². The number of aromatic amines is 1. The maximum atomic E-state index is 12.7. The van der Waals surface area contributed by atoms with Crippen LogP contribution in [-0.4, -0.2) is 41.5 Å². The first-order chi connectivity index (χ1) is 9.75. The zero-order valence-corrected chi connectivity index (χ0v) is 11.6. The number of pyridine rings is 1. The third kappa shape index (κ3) is 2.63. The van der Waals surface area contributed by atoms with Crippen LogP contribution in [0.5, 0.6) is 0 Å². The topological polar surface area (TPSA) is 65.2 Å². The van der Waals surface area contributed by atoms with Gasteiger partial charge in [0, 0.05) is 24.8 Å². The summed E-state index contributed by atoms with van der Waals surface area (Å²) in [5.74, 6) is 0.621. The first-order valence-corrected chi connectivity index (χ1v) is 7.46. The van der Waals surface area contributed by atoms with Crippen LogP contribution in [0, 0.1) is 5.92 Å². The van der Waals surface area contributed by atoms with Gasteiger partial charge in [-0.15, -0.1) is 0 Å². The fraction of sp³-hybridized carbons (Fsp3) is 0.600. The Bertz CT molecular complexity index is 520. The highest BCUT2D eigenvalue weighted by Gasteiger charge is 2.35. The molecule has 1 aromatic rings. The number of nitrogens with one attached hydrogen (secondary N) is 2. The lowest BCUT2D eigenvalue weighted by Crippen LogP contribution is -2.49. The van der Waals surface area contributed by atoms with Crippen molar-refractivity contribution in [1.82, 2.24) is 15.2 Å². The zero-order chi connectivity index (χ0) is 13.9. The molecule has 2 saturated heterocycles. The van der Waals surface area contributed by atoms with Crippen LogP contribution in [-0.2, 0) is 0 Å². The van der Waals surface area contributed by atoms with Crippen molar-refractivity contribution < 1.29 is 4.79 Å². The largest absolute Gasteiger partial charge is 0.335 e. The summed E-state index contributed by atoms with van der Waals surface area (Å²) in [7, 11) is 0. The monoisotopic (exact) mass is 275 g/mol. The van der Waals surface area contributed by atoms with Gasteiger partial charge in [0.25, 0.3) is 5.91 Å². The van der Waals surface area contributed by atoms with Crippen molar-refractivity contribution >= 4 is 5.91 Å². The summed E-state index contributed by atoms with van der Waals surface area (Å²) in [5.41, 5.74) is 0.416. The van der Waals surface area contributed by atoms with Gasteiger partial charge in [0.2, 0.25) is 5.56 Å². The molecule has 1 amide bonds. The Morgan fingerprint density at radius 2 is 2.15 bits per heavy atom. The van der Waals surface area contributed by atoms with Gasteiger partial charge < -0.3 is 15.2 Å². The second-order valence-corrected chi connectivity index (χ2v) is 5.76. The maximum Gasteiger partial charge on any atom is 0.255 e. The van der Waals surface area contributed by atoms with Crippen molar-refractivity contribution in [3.63, 3.8) is 0 Å². The number of amides is 1. The predicted octanol–water partition coefficient (Wildman–Crippen LogP) is 0.979. The Hall–Kier alpha value is -1.62. The van der Waals surface area contributed by atoms with Crippen molar-refractivity contribution in [1.29, 1.82) is 0 Å². The SMILES string of the molecule is O=C(c1ccc(=O)[nH]c1)N1CCCC2CNCCCC21. The maximum absolute atomic E-state index is 12.7. The Morgan fingerprint density at radius 1 is 1.25 bits per heavy atom. The van der Waals surface area contributed by atoms with Crippen LogP contribution in [0.4, 0.5) is 0 Å². The summed E-state index contributed by atoms with van der Waals surface area (Å²) in [5, 5.41) is 3.47. The lowest BCUT2D eigenvalue weighted by Gasteiger charge is -2.40. The van der Waals surface area contributed by atoms with Crippen LogP contribution < -0.4 is 10.9 Å². The van der Waals surface area contributed by atoms with E-state index in [0.29, 0.717) is 17.5 Å². The van der Waals surface area contributed by atoms with E-state index >= 15 is 0 Å². The molecule has 2 unspecified atom stereocenters. The van der Waals surface area contributed by atoms with E-state index in [9.17, 15) is 9.59 Å². The number of hydrogen-bond acceptors (Lipinski definition) is 3. The molecule has 1 aromatic heterocycles. The van der Waals surface area contributed by atoms with Crippen molar-refractivity contribution in [3.05, 3.63) is 34.2 Å². The van der Waals surface area contributed by atoms with E-state index in [2.05, 4.69) is 10.3 Å². The third-order valence-corrected chi connectivity index (χ3v) is 4.47. The van der Waals surface area contributed by atoms with Gasteiger partial charge in [0.15, 0.2) is 0 Å². The van der Waals surface area contributed by atoms with Gasteiger partial charge in [-0.2, -0.15) is 0 Å². The molecular weight excluding hydrogens is 254 g/mol. The summed E-state index contributed by atoms with van der Waals surface area (Å²) in [6.45, 7) is 2.90. The molecule has 0 aliphatic carbocycles. The fourth-order valence-electron chi connectivity index (χ4n) is 3.45. The molecule has 5 nitrogen and oxygen atoms in total. The Balaban J connectivity index is 1.81. The first kappa shape index (κ1) is 13.4. The standard InChI is InChI=1S/C15H21N3O2/c19-14-6-5-12(10-17-14)15(20)18-8-2-3-11-9-16-7-1-4-13(11)18/h5-6,10-11,13,16H,1-4,7-9H2,(H,17,19). The summed E-state index contributed by atoms with van der Waals surface area (Å²) < 4.78 is 0. The molecule has 2 N–H and O–H groups in total. The summed E-state index contributed by atoms with van der Waals surface area (Å²) >= 11 is 0. The Morgan fingerprint density at radius 3 is 2.95 bits per heavy atom. The minimum Gasteiger partial charge on any atom is -0.335 e. The molecule has 20 heavy (non-hydrogen) atoms. The first-order valence-electron chi connectivity index (χ1n) is 7.46. The zero-order valence-electron chi connectivity index (χ0n) is 11.6. The predicted molar refractivity (Wildman–Crippen MR) is 76.7 cm³/mol. The smallest absolute Gasteiger partial charge is 0.255 e. The van der Waals surface area contributed by atoms with E-state index in [1.54, 1.807) is 6.07 Å². The van der Waals surface area contributed by atoms with Gasteiger partial charge in [0.1, 0.15) is 0 Å². The molecule has 3 heterocycles. The third-order valence-electron chi connectivity index (χ3n) is 4.47. The van der Waals surface area contributed by atoms with Gasteiger partial charge in [-0.1, -0.05) is 0 Å². The number of carbonyl (C=O) groups excluding carboxylic acids is 1. The number of fused-ring (bicyclic) bond motifs is 1. The summed E-state index contributed by atoms with van der Waals surface area (Å²) in [4.78, 5) is 28.4. The van der Waals surface area contributed by atoms with Gasteiger partial charge in [-0.05, 0) is 50.8 Å². The molecule has 0 spiro atoms. The van der Waals surface area contributed by atoms with E-state index in [4.69, 9.17) is 0 Å². The van der Waals surface area contributed by atoms with Crippen molar-refractivity contribution in [2.24, 2.45) is 5.92 Å². The lowest BCUT2D eigenvalue weighted by molar-refractivity contribution is 0.0494. The summed E-state index contributed by atoms with van der Waals surface area (Å²) in [6.07, 6.45) is 6.00. The average molecular weight is 275 g/mol. The number of H-pyrrole nitrogens is 1. The van der Waals surface area contributed by atoms with Crippen LogP contribution in [0.3, 0.4) is 0 Å². The summed E-state index contributed by atoms with van der Waals surface area (Å²) in [6, 6.07) is 3.39. The highest BCUT2D eigenvalue weighted by atomic mass is 16.2. The molecule has 3 rings (SSSR count). The fourth-order valence-corrected chi connectivity index (χ4v) is 3.45. The van der Waals surface area contributed by atoms with Gasteiger partial charge in [0.05, 0.1) is 5.56 Å². The second-order valence-electron chi connectivity index (χ2n) is 5.76. The minimum atomic E-state index is -0.170. The molecule has 5 heteroatoms. The van der Waals surface area contributed by atoms with Crippen LogP contribution in [0.2, 0.25) is 0 Å². The molecule has 0 radical (unpaired) electrons. The molecule has 0 bridgehead atoms. The van der Waals surface area contributed by atoms with E-state index in [0.717, 1.165) is 38.9 Å². The average Bonchev–Trinajstić information content (AvgIpc) is 2.72. The number of aromatic nitrogens is 1. The molecule has 0 aromatic carbocycles. The van der Waals surface area contributed by atoms with E-state index in [1.807, 2.05) is 4.90 Å². The molecule has 2 aliphatic rings. The number of likely N-dealkylation sites (tertiary alicyclic amines) is 1. The van der Waals surface area contributed by atoms with E-state index in [-0.39, 0.29) is 11.5 Å². The number of nitrogens with zero attached hydrogens (tertiary/aromatic N) is 1. The second kappa shape index (κ2) is 5.79. The highest BCUT2D eigenvalue weighted by molar-refractivity contribution is 5.94. The van der Waals surface area contributed by atoms with Crippen LogP contribution in [0.15, 0.2) is 23.1 Å². The molecular formula is C15H21N3O2. The lowest BCUT2D eigenvalue weighted by atomic mass is 9.87. The quantitative estimate of drug-likeness (QED) is 0.803. The normalized spacial score (nSPS) is 26.7. The van der Waals surface area contributed by atoms with Crippen LogP contribution in [0.25, 0.3) is 0 Å².